The number of hydrogen-bond acceptors (Lipinski definition) is 5. The molecule has 0 radical (unpaired) electrons. The van der Waals surface area contributed by atoms with Crippen LogP contribution < -0.4 is 4.74 Å². The average molecular weight is 357 g/mol. The monoisotopic (exact) mass is 357 g/mol. The smallest absolute Gasteiger partial charge is 0.344 e. The quantitative estimate of drug-likeness (QED) is 0.344. The third-order valence-electron chi connectivity index (χ3n) is 3.43. The first-order valence-electron chi connectivity index (χ1n) is 7.63. The van der Waals surface area contributed by atoms with Crippen LogP contribution in [0.15, 0.2) is 53.4 Å². The second-order valence-corrected chi connectivity index (χ2v) is 6.56. The number of ketones is 1. The van der Waals surface area contributed by atoms with Crippen molar-refractivity contribution in [1.29, 1.82) is 0 Å². The van der Waals surface area contributed by atoms with Crippen molar-refractivity contribution in [1.82, 2.24) is 4.90 Å². The molecule has 0 saturated carbocycles. The van der Waals surface area contributed by atoms with E-state index in [2.05, 4.69) is 0 Å². The summed E-state index contributed by atoms with van der Waals surface area (Å²) in [4.78, 5) is 37.6. The van der Waals surface area contributed by atoms with E-state index in [0.717, 1.165) is 0 Å². The van der Waals surface area contributed by atoms with Gasteiger partial charge in [0.2, 0.25) is 5.91 Å². The summed E-state index contributed by atoms with van der Waals surface area (Å²) in [6, 6.07) is 13.4. The van der Waals surface area contributed by atoms with Crippen LogP contribution in [-0.4, -0.2) is 42.4 Å². The van der Waals surface area contributed by atoms with Gasteiger partial charge in [-0.2, -0.15) is 0 Å². The van der Waals surface area contributed by atoms with Crippen molar-refractivity contribution in [3.8, 4) is 5.75 Å². The molecule has 0 aromatic heterocycles. The molecule has 0 fully saturated rings. The van der Waals surface area contributed by atoms with Crippen LogP contribution in [0.2, 0.25) is 0 Å². The van der Waals surface area contributed by atoms with Crippen molar-refractivity contribution < 1.29 is 19.1 Å². The number of thioether (sulfide) groups is 1. The van der Waals surface area contributed by atoms with Crippen LogP contribution in [-0.2, 0) is 4.79 Å². The van der Waals surface area contributed by atoms with Crippen LogP contribution in [0.25, 0.3) is 0 Å². The molecule has 0 bridgehead atoms. The van der Waals surface area contributed by atoms with Crippen molar-refractivity contribution in [2.24, 2.45) is 0 Å². The Labute approximate surface area is 151 Å². The normalized spacial score (nSPS) is 10.2. The fourth-order valence-electron chi connectivity index (χ4n) is 1.95. The Morgan fingerprint density at radius 1 is 1.00 bits per heavy atom. The minimum atomic E-state index is -0.504. The molecule has 0 atom stereocenters. The number of benzene rings is 2. The Balaban J connectivity index is 2.11. The highest BCUT2D eigenvalue weighted by molar-refractivity contribution is 8.00. The van der Waals surface area contributed by atoms with Gasteiger partial charge in [-0.1, -0.05) is 12.1 Å². The van der Waals surface area contributed by atoms with E-state index in [4.69, 9.17) is 4.74 Å². The first kappa shape index (κ1) is 18.7. The van der Waals surface area contributed by atoms with Gasteiger partial charge in [0.05, 0.1) is 11.3 Å². The predicted octanol–water partition coefficient (Wildman–Crippen LogP) is 3.29. The molecule has 2 aromatic rings. The van der Waals surface area contributed by atoms with E-state index < -0.39 is 5.97 Å². The van der Waals surface area contributed by atoms with Crippen molar-refractivity contribution in [2.45, 2.75) is 11.8 Å². The molecule has 6 heteroatoms. The molecule has 130 valence electrons. The van der Waals surface area contributed by atoms with E-state index in [1.165, 1.54) is 23.6 Å². The molecule has 0 saturated heterocycles. The van der Waals surface area contributed by atoms with Gasteiger partial charge in [0.15, 0.2) is 5.78 Å². The molecule has 0 unspecified atom stereocenters. The SMILES string of the molecule is CC(=O)c1ccc(OC(=O)c2ccccc2SCC(=O)N(C)C)cc1. The number of amides is 1. The van der Waals surface area contributed by atoms with Crippen molar-refractivity contribution in [3.63, 3.8) is 0 Å². The molecule has 0 aliphatic carbocycles. The van der Waals surface area contributed by atoms with Gasteiger partial charge in [-0.3, -0.25) is 9.59 Å². The summed E-state index contributed by atoms with van der Waals surface area (Å²) in [6.07, 6.45) is 0. The van der Waals surface area contributed by atoms with Crippen LogP contribution in [0, 0.1) is 0 Å². The van der Waals surface area contributed by atoms with Crippen molar-refractivity contribution in [2.75, 3.05) is 19.8 Å². The highest BCUT2D eigenvalue weighted by atomic mass is 32.2. The molecule has 0 spiro atoms. The zero-order valence-corrected chi connectivity index (χ0v) is 15.1. The lowest BCUT2D eigenvalue weighted by Gasteiger charge is -2.12. The Hall–Kier alpha value is -2.60. The number of carbonyl (C=O) groups is 3. The predicted molar refractivity (Wildman–Crippen MR) is 97.3 cm³/mol. The van der Waals surface area contributed by atoms with Gasteiger partial charge in [0.25, 0.3) is 0 Å². The third kappa shape index (κ3) is 5.19. The summed E-state index contributed by atoms with van der Waals surface area (Å²) in [7, 11) is 3.38. The fourth-order valence-corrected chi connectivity index (χ4v) is 2.97. The van der Waals surface area contributed by atoms with Crippen LogP contribution in [0.4, 0.5) is 0 Å². The fraction of sp³-hybridized carbons (Fsp3) is 0.211. The minimum absolute atomic E-state index is 0.0343. The molecule has 2 rings (SSSR count). The first-order chi connectivity index (χ1) is 11.9. The highest BCUT2D eigenvalue weighted by Gasteiger charge is 2.15. The van der Waals surface area contributed by atoms with E-state index in [1.54, 1.807) is 62.6 Å². The summed E-state index contributed by atoms with van der Waals surface area (Å²) >= 11 is 1.29. The molecule has 0 heterocycles. The van der Waals surface area contributed by atoms with Crippen molar-refractivity contribution in [3.05, 3.63) is 59.7 Å². The van der Waals surface area contributed by atoms with Gasteiger partial charge in [-0.05, 0) is 43.3 Å². The Morgan fingerprint density at radius 2 is 1.64 bits per heavy atom. The molecule has 0 N–H and O–H groups in total. The zero-order valence-electron chi connectivity index (χ0n) is 14.3. The molecular formula is C19H19NO4S. The first-order valence-corrected chi connectivity index (χ1v) is 8.62. The van der Waals surface area contributed by atoms with Crippen LogP contribution in [0.3, 0.4) is 0 Å². The number of rotatable bonds is 6. The molecule has 0 aliphatic heterocycles. The van der Waals surface area contributed by atoms with Gasteiger partial charge < -0.3 is 9.64 Å². The number of hydrogen-bond donors (Lipinski definition) is 0. The Kier molecular flexibility index (Phi) is 6.36. The lowest BCUT2D eigenvalue weighted by atomic mass is 10.1. The van der Waals surface area contributed by atoms with Crippen LogP contribution in [0.1, 0.15) is 27.6 Å². The van der Waals surface area contributed by atoms with E-state index in [-0.39, 0.29) is 17.4 Å². The van der Waals surface area contributed by atoms with Gasteiger partial charge in [0, 0.05) is 24.6 Å². The number of ether oxygens (including phenoxy) is 1. The summed E-state index contributed by atoms with van der Waals surface area (Å²) in [5.74, 6) is 0.0123. The standard InChI is InChI=1S/C19H19NO4S/c1-13(21)14-8-10-15(11-9-14)24-19(23)16-6-4-5-7-17(16)25-12-18(22)20(2)3/h4-11H,12H2,1-3H3. The highest BCUT2D eigenvalue weighted by Crippen LogP contribution is 2.24. The number of nitrogens with zero attached hydrogens (tertiary/aromatic N) is 1. The van der Waals surface area contributed by atoms with Crippen molar-refractivity contribution >= 4 is 29.4 Å². The van der Waals surface area contributed by atoms with E-state index in [0.29, 0.717) is 21.8 Å². The second-order valence-electron chi connectivity index (χ2n) is 5.54. The summed E-state index contributed by atoms with van der Waals surface area (Å²) in [6.45, 7) is 1.48. The maximum atomic E-state index is 12.4. The minimum Gasteiger partial charge on any atom is -0.423 e. The third-order valence-corrected chi connectivity index (χ3v) is 4.49. The van der Waals surface area contributed by atoms with Gasteiger partial charge in [-0.15, -0.1) is 11.8 Å². The number of carbonyl (C=O) groups excluding carboxylic acids is 3. The van der Waals surface area contributed by atoms with E-state index in [1.807, 2.05) is 0 Å². The van der Waals surface area contributed by atoms with Gasteiger partial charge >= 0.3 is 5.97 Å². The largest absolute Gasteiger partial charge is 0.423 e. The lowest BCUT2D eigenvalue weighted by molar-refractivity contribution is -0.125. The van der Waals surface area contributed by atoms with Crippen LogP contribution >= 0.6 is 11.8 Å². The van der Waals surface area contributed by atoms with E-state index >= 15 is 0 Å². The average Bonchev–Trinajstić information content (AvgIpc) is 2.60. The molecule has 5 nitrogen and oxygen atoms in total. The lowest BCUT2D eigenvalue weighted by Crippen LogP contribution is -2.23. The number of Topliss-reactive ketones (excluding diaryl/α,β-unsaturated/α-hetero) is 1. The van der Waals surface area contributed by atoms with Gasteiger partial charge in [0.1, 0.15) is 5.75 Å². The topological polar surface area (TPSA) is 63.7 Å². The maximum absolute atomic E-state index is 12.4. The molecular weight excluding hydrogens is 338 g/mol. The van der Waals surface area contributed by atoms with Crippen LogP contribution in [0.5, 0.6) is 5.75 Å². The maximum Gasteiger partial charge on any atom is 0.344 e. The Bertz CT molecular complexity index is 784. The number of esters is 1. The molecule has 25 heavy (non-hydrogen) atoms. The molecule has 2 aromatic carbocycles. The zero-order chi connectivity index (χ0) is 18.4. The Morgan fingerprint density at radius 3 is 2.24 bits per heavy atom. The molecule has 0 aliphatic rings. The second kappa shape index (κ2) is 8.48. The molecule has 1 amide bonds. The van der Waals surface area contributed by atoms with E-state index in [9.17, 15) is 14.4 Å². The van der Waals surface area contributed by atoms with Gasteiger partial charge in [-0.25, -0.2) is 4.79 Å². The summed E-state index contributed by atoms with van der Waals surface area (Å²) in [5.41, 5.74) is 0.952. The summed E-state index contributed by atoms with van der Waals surface area (Å²) in [5, 5.41) is 0. The summed E-state index contributed by atoms with van der Waals surface area (Å²) < 4.78 is 5.37.